The fourth-order valence-electron chi connectivity index (χ4n) is 1.99. The van der Waals surface area contributed by atoms with Crippen LogP contribution >= 0.6 is 15.9 Å². The highest BCUT2D eigenvalue weighted by Crippen LogP contribution is 2.19. The molecule has 2 amide bonds. The lowest BCUT2D eigenvalue weighted by Crippen LogP contribution is -2.36. The molecule has 23 heavy (non-hydrogen) atoms. The lowest BCUT2D eigenvalue weighted by atomic mass is 10.1. The molecule has 0 spiro atoms. The van der Waals surface area contributed by atoms with Gasteiger partial charge in [-0.25, -0.2) is 4.39 Å². The van der Waals surface area contributed by atoms with Gasteiger partial charge in [0.2, 0.25) is 0 Å². The van der Waals surface area contributed by atoms with Crippen molar-refractivity contribution in [1.29, 1.82) is 0 Å². The lowest BCUT2D eigenvalue weighted by Gasteiger charge is -2.07. The minimum atomic E-state index is -0.883. The van der Waals surface area contributed by atoms with Crippen molar-refractivity contribution in [3.8, 4) is 0 Å². The van der Waals surface area contributed by atoms with Crippen molar-refractivity contribution in [2.75, 3.05) is 11.9 Å². The van der Waals surface area contributed by atoms with Gasteiger partial charge in [0.25, 0.3) is 0 Å². The maximum Gasteiger partial charge on any atom is 0.313 e. The number of halogens is 2. The molecule has 0 aliphatic heterocycles. The first kappa shape index (κ1) is 17.1. The van der Waals surface area contributed by atoms with Gasteiger partial charge in [0.1, 0.15) is 5.82 Å². The average Bonchev–Trinajstić information content (AvgIpc) is 2.55. The lowest BCUT2D eigenvalue weighted by molar-refractivity contribution is -0.136. The van der Waals surface area contributed by atoms with Crippen LogP contribution in [0.4, 0.5) is 10.1 Å². The molecule has 0 saturated carbocycles. The molecule has 2 aromatic carbocycles. The van der Waals surface area contributed by atoms with E-state index in [1.54, 1.807) is 6.07 Å². The number of amides is 2. The van der Waals surface area contributed by atoms with Gasteiger partial charge in [-0.1, -0.05) is 46.3 Å². The van der Waals surface area contributed by atoms with E-state index >= 15 is 0 Å². The highest BCUT2D eigenvalue weighted by atomic mass is 79.9. The fourth-order valence-corrected chi connectivity index (χ4v) is 2.32. The zero-order valence-electron chi connectivity index (χ0n) is 12.3. The van der Waals surface area contributed by atoms with Gasteiger partial charge in [-0.15, -0.1) is 0 Å². The summed E-state index contributed by atoms with van der Waals surface area (Å²) in [6.07, 6.45) is 1.53. The third kappa shape index (κ3) is 5.49. The highest BCUT2D eigenvalue weighted by Gasteiger charge is 2.15. The molecule has 0 unspecified atom stereocenters. The van der Waals surface area contributed by atoms with Crippen LogP contribution in [0.2, 0.25) is 0 Å². The number of aryl methyl sites for hydroxylation is 1. The Bertz CT molecular complexity index is 692. The molecule has 6 heteroatoms. The smallest absolute Gasteiger partial charge is 0.313 e. The number of benzene rings is 2. The Morgan fingerprint density at radius 3 is 2.48 bits per heavy atom. The second-order valence-corrected chi connectivity index (χ2v) is 5.84. The van der Waals surface area contributed by atoms with Gasteiger partial charge >= 0.3 is 11.8 Å². The van der Waals surface area contributed by atoms with E-state index in [1.165, 1.54) is 17.7 Å². The second-order valence-electron chi connectivity index (χ2n) is 4.92. The Hall–Kier alpha value is -2.21. The normalized spacial score (nSPS) is 10.2. The maximum absolute atomic E-state index is 13.6. The van der Waals surface area contributed by atoms with E-state index in [1.807, 2.05) is 30.3 Å². The second kappa shape index (κ2) is 8.43. The van der Waals surface area contributed by atoms with Gasteiger partial charge in [0, 0.05) is 11.0 Å². The number of carbonyl (C=O) groups is 2. The summed E-state index contributed by atoms with van der Waals surface area (Å²) in [4.78, 5) is 23.4. The number of rotatable bonds is 5. The van der Waals surface area contributed by atoms with Crippen LogP contribution < -0.4 is 10.6 Å². The van der Waals surface area contributed by atoms with Crippen LogP contribution in [-0.4, -0.2) is 18.4 Å². The van der Waals surface area contributed by atoms with Gasteiger partial charge < -0.3 is 10.6 Å². The Labute approximate surface area is 142 Å². The summed E-state index contributed by atoms with van der Waals surface area (Å²) in [6, 6.07) is 14.0. The van der Waals surface area contributed by atoms with Gasteiger partial charge in [-0.2, -0.15) is 0 Å². The number of hydrogen-bond donors (Lipinski definition) is 2. The van der Waals surface area contributed by atoms with Crippen LogP contribution in [0.15, 0.2) is 53.0 Å². The zero-order valence-corrected chi connectivity index (χ0v) is 13.9. The molecule has 2 aromatic rings. The Kier molecular flexibility index (Phi) is 6.29. The van der Waals surface area contributed by atoms with E-state index in [0.29, 0.717) is 11.0 Å². The summed E-state index contributed by atoms with van der Waals surface area (Å²) in [7, 11) is 0. The van der Waals surface area contributed by atoms with E-state index in [9.17, 15) is 14.0 Å². The van der Waals surface area contributed by atoms with E-state index in [4.69, 9.17) is 0 Å². The SMILES string of the molecule is O=C(NCCCc1ccccc1)C(=O)Nc1ccc(Br)cc1F. The van der Waals surface area contributed by atoms with Gasteiger partial charge in [-0.3, -0.25) is 9.59 Å². The van der Waals surface area contributed by atoms with Crippen molar-refractivity contribution < 1.29 is 14.0 Å². The summed E-state index contributed by atoms with van der Waals surface area (Å²) in [5.41, 5.74) is 1.14. The number of hydrogen-bond acceptors (Lipinski definition) is 2. The van der Waals surface area contributed by atoms with Crippen LogP contribution in [0, 0.1) is 5.82 Å². The van der Waals surface area contributed by atoms with Crippen molar-refractivity contribution in [3.05, 3.63) is 64.4 Å². The van der Waals surface area contributed by atoms with Crippen molar-refractivity contribution >= 4 is 33.4 Å². The van der Waals surface area contributed by atoms with Crippen LogP contribution in [-0.2, 0) is 16.0 Å². The fraction of sp³-hybridized carbons (Fsp3) is 0.176. The Morgan fingerprint density at radius 2 is 1.78 bits per heavy atom. The minimum Gasteiger partial charge on any atom is -0.348 e. The summed E-state index contributed by atoms with van der Waals surface area (Å²) < 4.78 is 14.1. The molecule has 0 radical (unpaired) electrons. The summed E-state index contributed by atoms with van der Waals surface area (Å²) in [6.45, 7) is 0.379. The standard InChI is InChI=1S/C17H16BrFN2O2/c18-13-8-9-15(14(19)11-13)21-17(23)16(22)20-10-4-7-12-5-2-1-3-6-12/h1-3,5-6,8-9,11H,4,7,10H2,(H,20,22)(H,21,23). The molecule has 2 rings (SSSR count). The van der Waals surface area contributed by atoms with Gasteiger partial charge in [0.05, 0.1) is 5.69 Å². The molecule has 4 nitrogen and oxygen atoms in total. The van der Waals surface area contributed by atoms with Crippen molar-refractivity contribution in [3.63, 3.8) is 0 Å². The molecule has 0 fully saturated rings. The minimum absolute atomic E-state index is 0.0300. The number of anilines is 1. The van der Waals surface area contributed by atoms with Crippen LogP contribution in [0.1, 0.15) is 12.0 Å². The van der Waals surface area contributed by atoms with Crippen molar-refractivity contribution in [2.45, 2.75) is 12.8 Å². The first-order chi connectivity index (χ1) is 11.1. The van der Waals surface area contributed by atoms with Gasteiger partial charge in [-0.05, 0) is 36.6 Å². The molecule has 120 valence electrons. The molecule has 0 bridgehead atoms. The monoisotopic (exact) mass is 378 g/mol. The topological polar surface area (TPSA) is 58.2 Å². The number of carbonyl (C=O) groups excluding carboxylic acids is 2. The van der Waals surface area contributed by atoms with E-state index in [0.717, 1.165) is 12.8 Å². The predicted octanol–water partition coefficient (Wildman–Crippen LogP) is 3.28. The quantitative estimate of drug-likeness (QED) is 0.619. The molecular weight excluding hydrogens is 363 g/mol. The average molecular weight is 379 g/mol. The largest absolute Gasteiger partial charge is 0.348 e. The molecule has 0 aromatic heterocycles. The molecule has 0 heterocycles. The highest BCUT2D eigenvalue weighted by molar-refractivity contribution is 9.10. The van der Waals surface area contributed by atoms with Crippen LogP contribution in [0.3, 0.4) is 0 Å². The zero-order chi connectivity index (χ0) is 16.7. The Morgan fingerprint density at radius 1 is 1.04 bits per heavy atom. The Balaban J connectivity index is 1.75. The van der Waals surface area contributed by atoms with Gasteiger partial charge in [0.15, 0.2) is 0 Å². The van der Waals surface area contributed by atoms with E-state index < -0.39 is 17.6 Å². The van der Waals surface area contributed by atoms with Crippen molar-refractivity contribution in [1.82, 2.24) is 5.32 Å². The predicted molar refractivity (Wildman–Crippen MR) is 90.5 cm³/mol. The molecule has 0 atom stereocenters. The van der Waals surface area contributed by atoms with Crippen molar-refractivity contribution in [2.24, 2.45) is 0 Å². The van der Waals surface area contributed by atoms with Crippen LogP contribution in [0.5, 0.6) is 0 Å². The summed E-state index contributed by atoms with van der Waals surface area (Å²) in [5.74, 6) is -2.27. The first-order valence-corrected chi connectivity index (χ1v) is 7.94. The molecule has 0 aliphatic carbocycles. The third-order valence-corrected chi connectivity index (χ3v) is 3.65. The molecular formula is C17H16BrFN2O2. The third-order valence-electron chi connectivity index (χ3n) is 3.16. The van der Waals surface area contributed by atoms with E-state index in [2.05, 4.69) is 26.6 Å². The number of nitrogens with one attached hydrogen (secondary N) is 2. The molecule has 0 saturated heterocycles. The molecule has 0 aliphatic rings. The summed E-state index contributed by atoms with van der Waals surface area (Å²) in [5, 5.41) is 4.77. The molecule has 2 N–H and O–H groups in total. The first-order valence-electron chi connectivity index (χ1n) is 7.14. The van der Waals surface area contributed by atoms with E-state index in [-0.39, 0.29) is 5.69 Å². The maximum atomic E-state index is 13.6. The summed E-state index contributed by atoms with van der Waals surface area (Å²) >= 11 is 3.12. The van der Waals surface area contributed by atoms with Crippen LogP contribution in [0.25, 0.3) is 0 Å².